The summed E-state index contributed by atoms with van der Waals surface area (Å²) in [6.07, 6.45) is 5.18. The summed E-state index contributed by atoms with van der Waals surface area (Å²) >= 11 is 0. The molecular weight excluding hydrogens is 228 g/mol. The predicted octanol–water partition coefficient (Wildman–Crippen LogP) is 1.88. The minimum atomic E-state index is -0.556. The van der Waals surface area contributed by atoms with E-state index in [0.717, 1.165) is 37.1 Å². The van der Waals surface area contributed by atoms with Gasteiger partial charge < -0.3 is 15.1 Å². The number of anilines is 1. The largest absolute Gasteiger partial charge is 0.389 e. The third-order valence-corrected chi connectivity index (χ3v) is 3.71. The molecule has 1 atom stereocenters. The predicted molar refractivity (Wildman–Crippen MR) is 71.6 cm³/mol. The fraction of sp³-hybridized carbons (Fsp3) is 0.643. The summed E-state index contributed by atoms with van der Waals surface area (Å²) in [6, 6.07) is 3.77. The van der Waals surface area contributed by atoms with Crippen LogP contribution in [0.25, 0.3) is 0 Å². The van der Waals surface area contributed by atoms with Crippen molar-refractivity contribution in [1.29, 1.82) is 0 Å². The minimum absolute atomic E-state index is 0.490. The van der Waals surface area contributed by atoms with Crippen molar-refractivity contribution in [2.75, 3.05) is 18.5 Å². The summed E-state index contributed by atoms with van der Waals surface area (Å²) < 4.78 is 0. The molecule has 1 aliphatic rings. The van der Waals surface area contributed by atoms with Crippen molar-refractivity contribution in [3.05, 3.63) is 23.9 Å². The van der Waals surface area contributed by atoms with Gasteiger partial charge in [-0.15, -0.1) is 0 Å². The number of rotatable bonds is 4. The fourth-order valence-electron chi connectivity index (χ4n) is 2.58. The van der Waals surface area contributed by atoms with Crippen LogP contribution < -0.4 is 4.90 Å². The molecule has 0 saturated heterocycles. The van der Waals surface area contributed by atoms with E-state index < -0.39 is 11.7 Å². The topological polar surface area (TPSA) is 56.6 Å². The number of aromatic nitrogens is 1. The maximum atomic E-state index is 10.4. The summed E-state index contributed by atoms with van der Waals surface area (Å²) in [7, 11) is 1.95. The summed E-state index contributed by atoms with van der Waals surface area (Å²) in [4.78, 5) is 6.31. The van der Waals surface area contributed by atoms with Crippen LogP contribution in [0, 0.1) is 0 Å². The molecule has 0 bridgehead atoms. The van der Waals surface area contributed by atoms with Gasteiger partial charge in [0.1, 0.15) is 5.82 Å². The molecule has 100 valence electrons. The Balaban J connectivity index is 2.02. The maximum absolute atomic E-state index is 10.4. The smallest absolute Gasteiger partial charge is 0.128 e. The zero-order chi connectivity index (χ0) is 13.2. The first kappa shape index (κ1) is 13.3. The van der Waals surface area contributed by atoms with Gasteiger partial charge in [-0.25, -0.2) is 4.98 Å². The minimum Gasteiger partial charge on any atom is -0.389 e. The lowest BCUT2D eigenvalue weighted by Crippen LogP contribution is -2.39. The molecule has 0 aliphatic heterocycles. The molecule has 1 saturated carbocycles. The molecule has 4 heteroatoms. The van der Waals surface area contributed by atoms with Crippen LogP contribution in [0.4, 0.5) is 5.82 Å². The Bertz CT molecular complexity index is 383. The molecule has 0 radical (unpaired) electrons. The number of hydrogen-bond donors (Lipinski definition) is 2. The van der Waals surface area contributed by atoms with Gasteiger partial charge in [-0.3, -0.25) is 0 Å². The molecule has 18 heavy (non-hydrogen) atoms. The Labute approximate surface area is 108 Å². The highest BCUT2D eigenvalue weighted by atomic mass is 16.3. The number of pyridine rings is 1. The quantitative estimate of drug-likeness (QED) is 0.856. The van der Waals surface area contributed by atoms with E-state index in [2.05, 4.69) is 4.98 Å². The lowest BCUT2D eigenvalue weighted by molar-refractivity contribution is 0.0558. The van der Waals surface area contributed by atoms with Crippen molar-refractivity contribution >= 4 is 5.82 Å². The van der Waals surface area contributed by atoms with Crippen molar-refractivity contribution in [2.45, 2.75) is 44.3 Å². The molecule has 0 spiro atoms. The number of hydrogen-bond acceptors (Lipinski definition) is 4. The molecule has 1 fully saturated rings. The van der Waals surface area contributed by atoms with E-state index >= 15 is 0 Å². The average molecular weight is 250 g/mol. The van der Waals surface area contributed by atoms with Crippen LogP contribution in [0.15, 0.2) is 18.3 Å². The maximum Gasteiger partial charge on any atom is 0.128 e. The molecule has 0 amide bonds. The van der Waals surface area contributed by atoms with E-state index in [0.29, 0.717) is 6.54 Å². The Morgan fingerprint density at radius 2 is 2.06 bits per heavy atom. The van der Waals surface area contributed by atoms with Gasteiger partial charge in [0.2, 0.25) is 0 Å². The highest BCUT2D eigenvalue weighted by molar-refractivity contribution is 5.39. The van der Waals surface area contributed by atoms with E-state index in [9.17, 15) is 10.2 Å². The monoisotopic (exact) mass is 250 g/mol. The highest BCUT2D eigenvalue weighted by Crippen LogP contribution is 2.30. The standard InChI is InChI=1S/C14H22N2O2/c1-11(17)12-5-6-13(15-9-12)16(2)10-14(18)7-3-4-8-14/h5-6,9,11,17-18H,3-4,7-8,10H2,1-2H3/t11-/m0/s1. The van der Waals surface area contributed by atoms with Gasteiger partial charge in [0, 0.05) is 19.8 Å². The van der Waals surface area contributed by atoms with Crippen LogP contribution in [-0.2, 0) is 0 Å². The average Bonchev–Trinajstić information content (AvgIpc) is 2.76. The van der Waals surface area contributed by atoms with Gasteiger partial charge in [-0.2, -0.15) is 0 Å². The van der Waals surface area contributed by atoms with Crippen LogP contribution >= 0.6 is 0 Å². The Morgan fingerprint density at radius 1 is 1.39 bits per heavy atom. The molecule has 2 N–H and O–H groups in total. The van der Waals surface area contributed by atoms with Gasteiger partial charge in [0.15, 0.2) is 0 Å². The molecule has 1 heterocycles. The Kier molecular flexibility index (Phi) is 3.88. The van der Waals surface area contributed by atoms with Crippen molar-refractivity contribution in [3.63, 3.8) is 0 Å². The van der Waals surface area contributed by atoms with Gasteiger partial charge in [-0.05, 0) is 31.4 Å². The SMILES string of the molecule is C[C@H](O)c1ccc(N(C)CC2(O)CCCC2)nc1. The van der Waals surface area contributed by atoms with Gasteiger partial charge in [0.25, 0.3) is 0 Å². The highest BCUT2D eigenvalue weighted by Gasteiger charge is 2.32. The molecule has 4 nitrogen and oxygen atoms in total. The lowest BCUT2D eigenvalue weighted by atomic mass is 10.0. The molecule has 2 rings (SSSR count). The summed E-state index contributed by atoms with van der Waals surface area (Å²) in [5.41, 5.74) is 0.256. The number of aliphatic hydroxyl groups is 2. The van der Waals surface area contributed by atoms with Gasteiger partial charge in [-0.1, -0.05) is 18.9 Å². The van der Waals surface area contributed by atoms with E-state index in [4.69, 9.17) is 0 Å². The van der Waals surface area contributed by atoms with Crippen LogP contribution in [0.1, 0.15) is 44.3 Å². The number of nitrogens with zero attached hydrogens (tertiary/aromatic N) is 2. The molecule has 0 aromatic carbocycles. The van der Waals surface area contributed by atoms with E-state index in [-0.39, 0.29) is 0 Å². The first-order valence-corrected chi connectivity index (χ1v) is 6.58. The van der Waals surface area contributed by atoms with Crippen molar-refractivity contribution in [1.82, 2.24) is 4.98 Å². The van der Waals surface area contributed by atoms with Crippen molar-refractivity contribution in [2.24, 2.45) is 0 Å². The van der Waals surface area contributed by atoms with Crippen LogP contribution in [0.3, 0.4) is 0 Å². The van der Waals surface area contributed by atoms with E-state index in [1.54, 1.807) is 13.1 Å². The van der Waals surface area contributed by atoms with E-state index in [1.807, 2.05) is 24.1 Å². The second-order valence-corrected chi connectivity index (χ2v) is 5.41. The summed E-state index contributed by atoms with van der Waals surface area (Å²) in [5.74, 6) is 0.833. The molecule has 1 aromatic heterocycles. The van der Waals surface area contributed by atoms with Gasteiger partial charge in [0.05, 0.1) is 11.7 Å². The second-order valence-electron chi connectivity index (χ2n) is 5.41. The zero-order valence-electron chi connectivity index (χ0n) is 11.1. The number of aliphatic hydroxyl groups excluding tert-OH is 1. The normalized spacial score (nSPS) is 19.8. The third kappa shape index (κ3) is 3.00. The summed E-state index contributed by atoms with van der Waals surface area (Å²) in [6.45, 7) is 2.34. The molecule has 0 unspecified atom stereocenters. The summed E-state index contributed by atoms with van der Waals surface area (Å²) in [5, 5.41) is 19.8. The first-order valence-electron chi connectivity index (χ1n) is 6.58. The molecule has 1 aromatic rings. The first-order chi connectivity index (χ1) is 8.50. The second kappa shape index (κ2) is 5.24. The Hall–Kier alpha value is -1.13. The number of likely N-dealkylation sites (N-methyl/N-ethyl adjacent to an activating group) is 1. The van der Waals surface area contributed by atoms with Crippen LogP contribution in [-0.4, -0.2) is 34.4 Å². The van der Waals surface area contributed by atoms with Crippen molar-refractivity contribution < 1.29 is 10.2 Å². The molecular formula is C14H22N2O2. The van der Waals surface area contributed by atoms with Crippen LogP contribution in [0.5, 0.6) is 0 Å². The third-order valence-electron chi connectivity index (χ3n) is 3.71. The van der Waals surface area contributed by atoms with Crippen LogP contribution in [0.2, 0.25) is 0 Å². The Morgan fingerprint density at radius 3 is 2.56 bits per heavy atom. The molecule has 1 aliphatic carbocycles. The van der Waals surface area contributed by atoms with Crippen molar-refractivity contribution in [3.8, 4) is 0 Å². The fourth-order valence-corrected chi connectivity index (χ4v) is 2.58. The lowest BCUT2D eigenvalue weighted by Gasteiger charge is -2.29. The zero-order valence-corrected chi connectivity index (χ0v) is 11.1. The van der Waals surface area contributed by atoms with Gasteiger partial charge >= 0.3 is 0 Å². The van der Waals surface area contributed by atoms with E-state index in [1.165, 1.54) is 0 Å².